The Morgan fingerprint density at radius 3 is 2.39 bits per heavy atom. The minimum absolute atomic E-state index is 0.246. The fraction of sp³-hybridized carbons (Fsp3) is 0.138. The predicted octanol–water partition coefficient (Wildman–Crippen LogP) is 6.39. The van der Waals surface area contributed by atoms with Crippen LogP contribution in [0.25, 0.3) is 32.5 Å². The Morgan fingerprint density at radius 1 is 0.972 bits per heavy atom. The molecule has 0 aliphatic carbocycles. The summed E-state index contributed by atoms with van der Waals surface area (Å²) in [5.41, 5.74) is 4.30. The van der Waals surface area contributed by atoms with Crippen LogP contribution in [0, 0.1) is 0 Å². The fourth-order valence-corrected chi connectivity index (χ4v) is 5.03. The van der Waals surface area contributed by atoms with Gasteiger partial charge in [-0.05, 0) is 42.7 Å². The molecule has 6 nitrogen and oxygen atoms in total. The molecular weight excluding hydrogens is 470 g/mol. The Balaban J connectivity index is 1.46. The number of thiophene rings is 1. The quantitative estimate of drug-likeness (QED) is 0.284. The number of aromatic nitrogens is 2. The van der Waals surface area contributed by atoms with E-state index in [0.29, 0.717) is 28.3 Å². The molecule has 1 atom stereocenters. The van der Waals surface area contributed by atoms with Gasteiger partial charge in [0.25, 0.3) is 5.56 Å². The van der Waals surface area contributed by atoms with E-state index in [2.05, 4.69) is 34.6 Å². The van der Waals surface area contributed by atoms with E-state index in [9.17, 15) is 9.59 Å². The normalized spacial score (nSPS) is 11.8. The number of ether oxygens (including phenoxy) is 1. The molecule has 7 heteroatoms. The molecule has 0 bridgehead atoms. The van der Waals surface area contributed by atoms with Crippen LogP contribution < -0.4 is 15.6 Å². The van der Waals surface area contributed by atoms with Gasteiger partial charge in [-0.1, -0.05) is 66.7 Å². The fourth-order valence-electron chi connectivity index (χ4n) is 4.12. The van der Waals surface area contributed by atoms with Crippen molar-refractivity contribution in [1.29, 1.82) is 0 Å². The van der Waals surface area contributed by atoms with E-state index in [1.54, 1.807) is 19.1 Å². The second-order valence-electron chi connectivity index (χ2n) is 8.32. The molecule has 3 aromatic carbocycles. The average Bonchev–Trinajstić information content (AvgIpc) is 3.35. The summed E-state index contributed by atoms with van der Waals surface area (Å²) < 4.78 is 6.99. The summed E-state index contributed by atoms with van der Waals surface area (Å²) in [5, 5.41) is 5.35. The number of hydrogen-bond acceptors (Lipinski definition) is 5. The van der Waals surface area contributed by atoms with Crippen molar-refractivity contribution in [3.05, 3.63) is 101 Å². The van der Waals surface area contributed by atoms with E-state index in [-0.39, 0.29) is 11.5 Å². The Morgan fingerprint density at radius 2 is 1.64 bits per heavy atom. The molecule has 0 aliphatic heterocycles. The van der Waals surface area contributed by atoms with Gasteiger partial charge >= 0.3 is 0 Å². The Bertz CT molecular complexity index is 1570. The summed E-state index contributed by atoms with van der Waals surface area (Å²) in [5.74, 6) is 0.259. The standard InChI is InChI=1S/C29H25N3O3S/c1-3-35-25-12-8-7-11-24(25)31-27(33)19(2)32-18-30-28-26(29(32)34)23(17-36-28)22-15-13-21(14-16-22)20-9-5-4-6-10-20/h4-19H,3H2,1-2H3,(H,31,33). The molecule has 2 heterocycles. The zero-order chi connectivity index (χ0) is 25.1. The first-order valence-electron chi connectivity index (χ1n) is 11.7. The molecule has 0 aliphatic rings. The number of rotatable bonds is 7. The third-order valence-corrected chi connectivity index (χ3v) is 6.95. The van der Waals surface area contributed by atoms with Crippen molar-refractivity contribution in [3.63, 3.8) is 0 Å². The highest BCUT2D eigenvalue weighted by Crippen LogP contribution is 2.32. The molecule has 180 valence electrons. The Labute approximate surface area is 212 Å². The van der Waals surface area contributed by atoms with Crippen LogP contribution in [-0.2, 0) is 4.79 Å². The third-order valence-electron chi connectivity index (χ3n) is 6.06. The van der Waals surface area contributed by atoms with Crippen LogP contribution in [0.2, 0.25) is 0 Å². The van der Waals surface area contributed by atoms with Crippen molar-refractivity contribution in [3.8, 4) is 28.0 Å². The highest BCUT2D eigenvalue weighted by molar-refractivity contribution is 7.17. The second-order valence-corrected chi connectivity index (χ2v) is 9.18. The molecule has 0 fully saturated rings. The van der Waals surface area contributed by atoms with Crippen LogP contribution in [0.3, 0.4) is 0 Å². The smallest absolute Gasteiger partial charge is 0.263 e. The van der Waals surface area contributed by atoms with Gasteiger partial charge in [-0.15, -0.1) is 11.3 Å². The van der Waals surface area contributed by atoms with Crippen LogP contribution in [-0.4, -0.2) is 22.1 Å². The molecule has 1 amide bonds. The van der Waals surface area contributed by atoms with Crippen LogP contribution in [0.15, 0.2) is 95.4 Å². The number of para-hydroxylation sites is 2. The minimum atomic E-state index is -0.766. The largest absolute Gasteiger partial charge is 0.492 e. The van der Waals surface area contributed by atoms with Gasteiger partial charge in [0, 0.05) is 10.9 Å². The highest BCUT2D eigenvalue weighted by Gasteiger charge is 2.21. The van der Waals surface area contributed by atoms with E-state index in [4.69, 9.17) is 4.74 Å². The maximum atomic E-state index is 13.6. The van der Waals surface area contributed by atoms with Gasteiger partial charge in [-0.2, -0.15) is 0 Å². The van der Waals surface area contributed by atoms with Crippen LogP contribution in [0.5, 0.6) is 5.75 Å². The molecule has 0 saturated carbocycles. The Hall–Kier alpha value is -4.23. The number of nitrogens with zero attached hydrogens (tertiary/aromatic N) is 2. The second kappa shape index (κ2) is 10.2. The summed E-state index contributed by atoms with van der Waals surface area (Å²) in [4.78, 5) is 31.8. The maximum Gasteiger partial charge on any atom is 0.263 e. The lowest BCUT2D eigenvalue weighted by molar-refractivity contribution is -0.118. The number of carbonyl (C=O) groups excluding carboxylic acids is 1. The maximum absolute atomic E-state index is 13.6. The summed E-state index contributed by atoms with van der Waals surface area (Å²) in [6.07, 6.45) is 1.45. The summed E-state index contributed by atoms with van der Waals surface area (Å²) in [6, 6.07) is 24.7. The number of nitrogens with one attached hydrogen (secondary N) is 1. The summed E-state index contributed by atoms with van der Waals surface area (Å²) in [6.45, 7) is 4.05. The summed E-state index contributed by atoms with van der Waals surface area (Å²) >= 11 is 1.42. The molecule has 2 aromatic heterocycles. The van der Waals surface area contributed by atoms with E-state index in [0.717, 1.165) is 22.3 Å². The third kappa shape index (κ3) is 4.53. The van der Waals surface area contributed by atoms with Gasteiger partial charge < -0.3 is 10.1 Å². The number of amides is 1. The zero-order valence-corrected chi connectivity index (χ0v) is 20.8. The topological polar surface area (TPSA) is 73.2 Å². The molecule has 0 radical (unpaired) electrons. The van der Waals surface area contributed by atoms with Crippen molar-refractivity contribution in [2.24, 2.45) is 0 Å². The number of anilines is 1. The SMILES string of the molecule is CCOc1ccccc1NC(=O)C(C)n1cnc2scc(-c3ccc(-c4ccccc4)cc3)c2c1=O. The van der Waals surface area contributed by atoms with Crippen LogP contribution in [0.1, 0.15) is 19.9 Å². The monoisotopic (exact) mass is 495 g/mol. The molecular formula is C29H25N3O3S. The molecule has 0 spiro atoms. The number of hydrogen-bond donors (Lipinski definition) is 1. The van der Waals surface area contributed by atoms with Gasteiger partial charge in [0.05, 0.1) is 24.0 Å². The minimum Gasteiger partial charge on any atom is -0.492 e. The van der Waals surface area contributed by atoms with E-state index in [1.165, 1.54) is 22.2 Å². The molecule has 5 rings (SSSR count). The van der Waals surface area contributed by atoms with Crippen molar-refractivity contribution >= 4 is 33.1 Å². The van der Waals surface area contributed by atoms with Crippen molar-refractivity contribution < 1.29 is 9.53 Å². The molecule has 1 N–H and O–H groups in total. The van der Waals surface area contributed by atoms with Crippen molar-refractivity contribution in [2.75, 3.05) is 11.9 Å². The van der Waals surface area contributed by atoms with E-state index in [1.807, 2.05) is 54.8 Å². The lowest BCUT2D eigenvalue weighted by atomic mass is 10.0. The molecule has 36 heavy (non-hydrogen) atoms. The van der Waals surface area contributed by atoms with Gasteiger partial charge in [0.2, 0.25) is 5.91 Å². The Kier molecular flexibility index (Phi) is 6.64. The molecule has 0 saturated heterocycles. The van der Waals surface area contributed by atoms with E-state index < -0.39 is 6.04 Å². The van der Waals surface area contributed by atoms with Crippen molar-refractivity contribution in [1.82, 2.24) is 9.55 Å². The number of benzene rings is 3. The van der Waals surface area contributed by atoms with E-state index >= 15 is 0 Å². The average molecular weight is 496 g/mol. The summed E-state index contributed by atoms with van der Waals surface area (Å²) in [7, 11) is 0. The van der Waals surface area contributed by atoms with Gasteiger partial charge in [-0.25, -0.2) is 4.98 Å². The van der Waals surface area contributed by atoms with Gasteiger partial charge in [-0.3, -0.25) is 14.2 Å². The van der Waals surface area contributed by atoms with Crippen LogP contribution in [0.4, 0.5) is 5.69 Å². The van der Waals surface area contributed by atoms with Crippen LogP contribution >= 0.6 is 11.3 Å². The van der Waals surface area contributed by atoms with Crippen molar-refractivity contribution in [2.45, 2.75) is 19.9 Å². The number of carbonyl (C=O) groups is 1. The first-order chi connectivity index (χ1) is 17.6. The van der Waals surface area contributed by atoms with Gasteiger partial charge in [0.1, 0.15) is 16.6 Å². The lowest BCUT2D eigenvalue weighted by Crippen LogP contribution is -2.31. The zero-order valence-electron chi connectivity index (χ0n) is 20.0. The first-order valence-corrected chi connectivity index (χ1v) is 12.6. The number of fused-ring (bicyclic) bond motifs is 1. The van der Waals surface area contributed by atoms with Gasteiger partial charge in [0.15, 0.2) is 0 Å². The highest BCUT2D eigenvalue weighted by atomic mass is 32.1. The molecule has 1 unspecified atom stereocenters. The first kappa shape index (κ1) is 23.5. The predicted molar refractivity (Wildman–Crippen MR) is 146 cm³/mol. The lowest BCUT2D eigenvalue weighted by Gasteiger charge is -2.17. The molecule has 5 aromatic rings.